The van der Waals surface area contributed by atoms with Crippen LogP contribution in [0.25, 0.3) is 0 Å². The third-order valence-corrected chi connectivity index (χ3v) is 0.214. The van der Waals surface area contributed by atoms with E-state index < -0.39 is 0 Å². The molecule has 5 heavy (non-hydrogen) atoms. The van der Waals surface area contributed by atoms with Crippen LogP contribution in [0.3, 0.4) is 0 Å². The van der Waals surface area contributed by atoms with Crippen molar-refractivity contribution in [2.75, 3.05) is 6.61 Å². The molecule has 2 nitrogen and oxygen atoms in total. The molecule has 1 radical (unpaired) electrons. The van der Waals surface area contributed by atoms with Crippen molar-refractivity contribution in [1.29, 1.82) is 0 Å². The largest absolute Gasteiger partial charge is 0.396 e. The minimum atomic E-state index is -0.0799. The smallest absolute Gasteiger partial charge is 0.200 e. The molecular formula is C3H5O2. The Morgan fingerprint density at radius 1 is 1.80 bits per heavy atom. The second-order valence-electron chi connectivity index (χ2n) is 0.618. The molecule has 0 fully saturated rings. The lowest BCUT2D eigenvalue weighted by molar-refractivity contribution is 0.305. The molecule has 0 saturated carbocycles. The minimum Gasteiger partial charge on any atom is -0.396 e. The Labute approximate surface area is 30.4 Å². The maximum atomic E-state index is 9.12. The van der Waals surface area contributed by atoms with Gasteiger partial charge in [-0.3, -0.25) is 4.79 Å². The zero-order valence-corrected chi connectivity index (χ0v) is 2.77. The van der Waals surface area contributed by atoms with Crippen molar-refractivity contribution in [2.24, 2.45) is 0 Å². The molecule has 0 atom stereocenters. The van der Waals surface area contributed by atoms with Gasteiger partial charge in [-0.05, 0) is 0 Å². The first-order chi connectivity index (χ1) is 2.41. The molecule has 0 aromatic heterocycles. The number of hydrogen-bond donors (Lipinski definition) is 1. The SMILES string of the molecule is O=[C]CCO. The van der Waals surface area contributed by atoms with Crippen LogP contribution in [0.1, 0.15) is 6.42 Å². The summed E-state index contributed by atoms with van der Waals surface area (Å²) < 4.78 is 0. The van der Waals surface area contributed by atoms with Gasteiger partial charge < -0.3 is 5.11 Å². The van der Waals surface area contributed by atoms with Gasteiger partial charge in [-0.2, -0.15) is 0 Å². The number of aliphatic hydroxyl groups is 1. The molecule has 0 heterocycles. The van der Waals surface area contributed by atoms with E-state index in [-0.39, 0.29) is 13.0 Å². The molecule has 0 spiro atoms. The fourth-order valence-electron chi connectivity index (χ4n) is 0.0456. The van der Waals surface area contributed by atoms with Gasteiger partial charge in [-0.25, -0.2) is 0 Å². The van der Waals surface area contributed by atoms with Crippen LogP contribution in [-0.4, -0.2) is 18.0 Å². The van der Waals surface area contributed by atoms with Gasteiger partial charge in [0.05, 0.1) is 6.61 Å². The first kappa shape index (κ1) is 4.63. The van der Waals surface area contributed by atoms with Crippen LogP contribution < -0.4 is 0 Å². The molecule has 0 rings (SSSR count). The highest BCUT2D eigenvalue weighted by molar-refractivity contribution is 5.50. The van der Waals surface area contributed by atoms with E-state index >= 15 is 0 Å². The van der Waals surface area contributed by atoms with E-state index in [0.29, 0.717) is 0 Å². The van der Waals surface area contributed by atoms with Gasteiger partial charge in [0.15, 0.2) is 0 Å². The third-order valence-electron chi connectivity index (χ3n) is 0.214. The van der Waals surface area contributed by atoms with Crippen molar-refractivity contribution in [2.45, 2.75) is 6.42 Å². The van der Waals surface area contributed by atoms with E-state index in [1.165, 1.54) is 6.29 Å². The lowest BCUT2D eigenvalue weighted by atomic mass is 10.5. The van der Waals surface area contributed by atoms with Gasteiger partial charge >= 0.3 is 0 Å². The Balaban J connectivity index is 2.40. The van der Waals surface area contributed by atoms with Crippen LogP contribution in [0.5, 0.6) is 0 Å². The summed E-state index contributed by atoms with van der Waals surface area (Å²) in [6, 6.07) is 0. The van der Waals surface area contributed by atoms with Crippen molar-refractivity contribution >= 4 is 6.29 Å². The molecule has 1 N–H and O–H groups in total. The molecule has 0 amide bonds. The molecule has 0 aliphatic carbocycles. The van der Waals surface area contributed by atoms with Crippen LogP contribution in [-0.2, 0) is 4.79 Å². The Hall–Kier alpha value is -0.370. The maximum Gasteiger partial charge on any atom is 0.200 e. The van der Waals surface area contributed by atoms with Crippen molar-refractivity contribution in [3.63, 3.8) is 0 Å². The molecule has 0 aliphatic heterocycles. The second-order valence-corrected chi connectivity index (χ2v) is 0.618. The van der Waals surface area contributed by atoms with Crippen molar-refractivity contribution in [3.05, 3.63) is 0 Å². The van der Waals surface area contributed by atoms with E-state index in [1.54, 1.807) is 0 Å². The zero-order chi connectivity index (χ0) is 4.12. The van der Waals surface area contributed by atoms with Gasteiger partial charge in [-0.1, -0.05) is 0 Å². The number of hydrogen-bond acceptors (Lipinski definition) is 2. The van der Waals surface area contributed by atoms with Crippen LogP contribution in [0.4, 0.5) is 0 Å². The molecule has 2 heteroatoms. The van der Waals surface area contributed by atoms with Crippen molar-refractivity contribution in [1.82, 2.24) is 0 Å². The summed E-state index contributed by atoms with van der Waals surface area (Å²) in [5.41, 5.74) is 0. The average Bonchev–Trinajstić information content (AvgIpc) is 1.41. The molecule has 0 aromatic carbocycles. The van der Waals surface area contributed by atoms with Gasteiger partial charge in [0.1, 0.15) is 0 Å². The molecule has 0 bridgehead atoms. The predicted octanol–water partition coefficient (Wildman–Crippen LogP) is -0.522. The zero-order valence-electron chi connectivity index (χ0n) is 2.77. The lowest BCUT2D eigenvalue weighted by Gasteiger charge is -1.68. The van der Waals surface area contributed by atoms with Crippen LogP contribution in [0.2, 0.25) is 0 Å². The summed E-state index contributed by atoms with van der Waals surface area (Å²) in [7, 11) is 0. The topological polar surface area (TPSA) is 37.3 Å². The third kappa shape index (κ3) is 3.63. The van der Waals surface area contributed by atoms with Crippen molar-refractivity contribution in [3.8, 4) is 0 Å². The number of carbonyl (C=O) groups excluding carboxylic acids is 1. The summed E-state index contributed by atoms with van der Waals surface area (Å²) in [6.45, 7) is -0.0799. The quantitative estimate of drug-likeness (QED) is 0.477. The number of aliphatic hydroxyl groups excluding tert-OH is 1. The molecule has 0 aliphatic rings. The maximum absolute atomic E-state index is 9.12. The second kappa shape index (κ2) is 3.63. The highest BCUT2D eigenvalue weighted by Gasteiger charge is 1.70. The van der Waals surface area contributed by atoms with Crippen LogP contribution in [0.15, 0.2) is 0 Å². The Morgan fingerprint density at radius 2 is 2.40 bits per heavy atom. The van der Waals surface area contributed by atoms with E-state index in [2.05, 4.69) is 0 Å². The first-order valence-corrected chi connectivity index (χ1v) is 1.37. The van der Waals surface area contributed by atoms with E-state index in [4.69, 9.17) is 9.90 Å². The summed E-state index contributed by atoms with van der Waals surface area (Å²) in [6.07, 6.45) is 1.66. The van der Waals surface area contributed by atoms with Crippen LogP contribution >= 0.6 is 0 Å². The fourth-order valence-corrected chi connectivity index (χ4v) is 0.0456. The standard InChI is InChI=1S/C3H5O2/c4-2-1-3-5/h4H,1-2H2. The van der Waals surface area contributed by atoms with Crippen LogP contribution in [0, 0.1) is 0 Å². The van der Waals surface area contributed by atoms with Gasteiger partial charge in [0.2, 0.25) is 6.29 Å². The molecule has 29 valence electrons. The normalized spacial score (nSPS) is 7.40. The summed E-state index contributed by atoms with van der Waals surface area (Å²) in [5.74, 6) is 0. The number of rotatable bonds is 2. The van der Waals surface area contributed by atoms with Gasteiger partial charge in [0, 0.05) is 6.42 Å². The molecule has 0 saturated heterocycles. The Morgan fingerprint density at radius 3 is 2.40 bits per heavy atom. The molecular weight excluding hydrogens is 68.0 g/mol. The predicted molar refractivity (Wildman–Crippen MR) is 17.4 cm³/mol. The summed E-state index contributed by atoms with van der Waals surface area (Å²) in [4.78, 5) is 9.12. The summed E-state index contributed by atoms with van der Waals surface area (Å²) >= 11 is 0. The molecule has 0 unspecified atom stereocenters. The highest BCUT2D eigenvalue weighted by atomic mass is 16.3. The first-order valence-electron chi connectivity index (χ1n) is 1.37. The van der Waals surface area contributed by atoms with E-state index in [0.717, 1.165) is 0 Å². The fraction of sp³-hybridized carbons (Fsp3) is 0.667. The van der Waals surface area contributed by atoms with Gasteiger partial charge in [0.25, 0.3) is 0 Å². The van der Waals surface area contributed by atoms with Crippen molar-refractivity contribution < 1.29 is 9.90 Å². The van der Waals surface area contributed by atoms with E-state index in [9.17, 15) is 0 Å². The summed E-state index contributed by atoms with van der Waals surface area (Å²) in [5, 5.41) is 7.80. The minimum absolute atomic E-state index is 0.0799. The van der Waals surface area contributed by atoms with E-state index in [1.807, 2.05) is 0 Å². The lowest BCUT2D eigenvalue weighted by Crippen LogP contribution is -1.78. The molecule has 0 aromatic rings. The monoisotopic (exact) mass is 73.0 g/mol. The Bertz CT molecular complexity index is 26.1. The highest BCUT2D eigenvalue weighted by Crippen LogP contribution is 1.58. The average molecular weight is 73.1 g/mol. The Kier molecular flexibility index (Phi) is 3.36. The van der Waals surface area contributed by atoms with Gasteiger partial charge in [-0.15, -0.1) is 0 Å².